The van der Waals surface area contributed by atoms with E-state index >= 15 is 0 Å². The first-order valence-corrected chi connectivity index (χ1v) is 8.76. The van der Waals surface area contributed by atoms with E-state index in [4.69, 9.17) is 20.3 Å². The minimum absolute atomic E-state index is 0.341. The molecule has 0 radical (unpaired) electrons. The molecule has 2 aromatic carbocycles. The van der Waals surface area contributed by atoms with Crippen molar-refractivity contribution in [3.8, 4) is 0 Å². The lowest BCUT2D eigenvalue weighted by molar-refractivity contribution is 0.115. The van der Waals surface area contributed by atoms with Crippen LogP contribution in [0.2, 0.25) is 0 Å². The molecule has 0 spiro atoms. The van der Waals surface area contributed by atoms with Crippen LogP contribution in [0.5, 0.6) is 0 Å². The van der Waals surface area contributed by atoms with Gasteiger partial charge in [0.2, 0.25) is 0 Å². The zero-order valence-electron chi connectivity index (χ0n) is 15.7. The number of methoxy groups -OCH3 is 1. The van der Waals surface area contributed by atoms with Gasteiger partial charge in [0.25, 0.3) is 0 Å². The number of allylic oxidation sites excluding steroid dienone is 1. The van der Waals surface area contributed by atoms with Gasteiger partial charge < -0.3 is 9.57 Å². The predicted octanol–water partition coefficient (Wildman–Crippen LogP) is 4.25. The normalized spacial score (nSPS) is 19.1. The van der Waals surface area contributed by atoms with Gasteiger partial charge in [-0.15, -0.1) is 0 Å². The van der Waals surface area contributed by atoms with Gasteiger partial charge >= 0.3 is 6.09 Å². The Morgan fingerprint density at radius 1 is 1.07 bits per heavy atom. The maximum absolute atomic E-state index is 12.1. The average molecular weight is 368 g/mol. The highest BCUT2D eigenvalue weighted by atomic mass is 16.7. The highest BCUT2D eigenvalue weighted by Crippen LogP contribution is 2.53. The molecule has 0 heterocycles. The molecule has 1 amide bonds. The minimum Gasteiger partial charge on any atom is -0.451 e. The number of amides is 1. The molecule has 6 nitrogen and oxygen atoms in total. The van der Waals surface area contributed by atoms with Gasteiger partial charge in [0.15, 0.2) is 5.76 Å². The van der Waals surface area contributed by atoms with Crippen molar-refractivity contribution in [3.05, 3.63) is 71.3 Å². The van der Waals surface area contributed by atoms with E-state index in [9.17, 15) is 4.79 Å². The molecule has 0 bridgehead atoms. The van der Waals surface area contributed by atoms with E-state index in [0.29, 0.717) is 28.8 Å². The summed E-state index contributed by atoms with van der Waals surface area (Å²) in [5.74, 6) is 6.97. The fraction of sp³-hybridized carbons (Fsp3) is 0.286. The van der Waals surface area contributed by atoms with Crippen LogP contribution in [0.25, 0.3) is 5.76 Å². The van der Waals surface area contributed by atoms with Crippen molar-refractivity contribution in [2.24, 2.45) is 11.8 Å². The van der Waals surface area contributed by atoms with Crippen molar-refractivity contribution in [1.29, 1.82) is 0 Å². The molecule has 2 unspecified atom stereocenters. The number of para-hydroxylation sites is 1. The highest BCUT2D eigenvalue weighted by Gasteiger charge is 2.41. The second-order valence-electron chi connectivity index (χ2n) is 6.45. The Bertz CT molecular complexity index is 835. The summed E-state index contributed by atoms with van der Waals surface area (Å²) in [6.07, 6.45) is 0.406. The minimum atomic E-state index is -0.632. The van der Waals surface area contributed by atoms with E-state index in [0.717, 1.165) is 17.1 Å². The lowest BCUT2D eigenvalue weighted by Crippen LogP contribution is -2.30. The highest BCUT2D eigenvalue weighted by molar-refractivity contribution is 5.90. The molecule has 1 aliphatic rings. The molecule has 0 aromatic heterocycles. The number of hydrogen-bond acceptors (Lipinski definition) is 5. The number of hydroxylamine groups is 1. The number of anilines is 1. The number of benzene rings is 2. The largest absolute Gasteiger partial charge is 0.451 e. The quantitative estimate of drug-likeness (QED) is 0.610. The third kappa shape index (κ3) is 3.82. The summed E-state index contributed by atoms with van der Waals surface area (Å²) in [6, 6.07) is 17.6. The molecule has 2 atom stereocenters. The van der Waals surface area contributed by atoms with E-state index in [1.54, 1.807) is 12.1 Å². The third-order valence-electron chi connectivity index (χ3n) is 4.94. The van der Waals surface area contributed by atoms with Crippen LogP contribution in [-0.4, -0.2) is 20.3 Å². The summed E-state index contributed by atoms with van der Waals surface area (Å²) in [7, 11) is 2.70. The molecular weight excluding hydrogens is 344 g/mol. The Labute approximate surface area is 159 Å². The maximum Gasteiger partial charge on any atom is 0.438 e. The summed E-state index contributed by atoms with van der Waals surface area (Å²) in [4.78, 5) is 22.5. The Kier molecular flexibility index (Phi) is 5.78. The van der Waals surface area contributed by atoms with Crippen LogP contribution in [0, 0.1) is 5.92 Å². The Balaban J connectivity index is 1.97. The van der Waals surface area contributed by atoms with Gasteiger partial charge in [0.1, 0.15) is 0 Å². The number of nitrogens with zero attached hydrogens (tertiary/aromatic N) is 1. The van der Waals surface area contributed by atoms with Gasteiger partial charge in [-0.3, -0.25) is 4.84 Å². The van der Waals surface area contributed by atoms with Crippen LogP contribution in [0.1, 0.15) is 30.4 Å². The summed E-state index contributed by atoms with van der Waals surface area (Å²) in [6.45, 7) is 2.02. The Morgan fingerprint density at radius 3 is 2.37 bits per heavy atom. The molecule has 1 aliphatic carbocycles. The van der Waals surface area contributed by atoms with Crippen LogP contribution >= 0.6 is 0 Å². The van der Waals surface area contributed by atoms with Crippen molar-refractivity contribution in [2.45, 2.75) is 19.3 Å². The van der Waals surface area contributed by atoms with E-state index in [1.165, 1.54) is 19.8 Å². The first-order chi connectivity index (χ1) is 13.1. The fourth-order valence-electron chi connectivity index (χ4n) is 3.48. The average Bonchev–Trinajstić information content (AvgIpc) is 3.51. The lowest BCUT2D eigenvalue weighted by Gasteiger charge is -2.22. The van der Waals surface area contributed by atoms with E-state index in [2.05, 4.69) is 12.1 Å². The van der Waals surface area contributed by atoms with Crippen molar-refractivity contribution in [1.82, 2.24) is 0 Å². The number of carbonyl (C=O) groups excluding carboxylic acids is 1. The predicted molar refractivity (Wildman–Crippen MR) is 103 cm³/mol. The van der Waals surface area contributed by atoms with Crippen molar-refractivity contribution >= 4 is 17.5 Å². The van der Waals surface area contributed by atoms with Crippen molar-refractivity contribution < 1.29 is 19.2 Å². The molecular formula is C21H24N2O4. The molecule has 27 heavy (non-hydrogen) atoms. The molecule has 1 saturated carbocycles. The molecule has 0 saturated heterocycles. The third-order valence-corrected chi connectivity index (χ3v) is 4.94. The summed E-state index contributed by atoms with van der Waals surface area (Å²) in [5.41, 5.74) is 3.52. The van der Waals surface area contributed by atoms with Gasteiger partial charge in [-0.1, -0.05) is 42.5 Å². The number of rotatable bonds is 6. The summed E-state index contributed by atoms with van der Waals surface area (Å²) >= 11 is 0. The smallest absolute Gasteiger partial charge is 0.438 e. The SMILES string of the molecule is COC(=O)N(OC)c1ccccc1/C(ON)=C(\C)C1CC1c1ccccc1. The van der Waals surface area contributed by atoms with Gasteiger partial charge in [0, 0.05) is 5.56 Å². The number of hydrogen-bond donors (Lipinski definition) is 1. The van der Waals surface area contributed by atoms with Crippen molar-refractivity contribution in [2.75, 3.05) is 19.3 Å². The zero-order chi connectivity index (χ0) is 19.4. The molecule has 6 heteroatoms. The lowest BCUT2D eigenvalue weighted by atomic mass is 10.0. The second-order valence-corrected chi connectivity index (χ2v) is 6.45. The van der Waals surface area contributed by atoms with Gasteiger partial charge in [-0.25, -0.2) is 4.79 Å². The van der Waals surface area contributed by atoms with Gasteiger partial charge in [-0.05, 0) is 48.4 Å². The van der Waals surface area contributed by atoms with Crippen molar-refractivity contribution in [3.63, 3.8) is 0 Å². The standard InChI is InChI=1S/C21H24N2O4/c1-14(17-13-18(17)15-9-5-4-6-10-15)20(27-22)16-11-7-8-12-19(16)23(26-3)21(24)25-2/h4-12,17-18H,13,22H2,1-3H3/b20-14-. The van der Waals surface area contributed by atoms with Crippen LogP contribution in [0.15, 0.2) is 60.2 Å². The van der Waals surface area contributed by atoms with E-state index in [1.807, 2.05) is 37.3 Å². The number of nitrogens with two attached hydrogens (primary N) is 1. The zero-order valence-corrected chi connectivity index (χ0v) is 15.7. The van der Waals surface area contributed by atoms with E-state index in [-0.39, 0.29) is 0 Å². The fourth-order valence-corrected chi connectivity index (χ4v) is 3.48. The van der Waals surface area contributed by atoms with E-state index < -0.39 is 6.09 Å². The second kappa shape index (κ2) is 8.24. The van der Waals surface area contributed by atoms with Crippen LogP contribution in [-0.2, 0) is 14.4 Å². The Morgan fingerprint density at radius 2 is 1.74 bits per heavy atom. The Hall–Kier alpha value is -2.83. The topological polar surface area (TPSA) is 74.0 Å². The summed E-state index contributed by atoms with van der Waals surface area (Å²) < 4.78 is 4.80. The molecule has 1 fully saturated rings. The first kappa shape index (κ1) is 18.9. The van der Waals surface area contributed by atoms with Crippen LogP contribution in [0.3, 0.4) is 0 Å². The molecule has 142 valence electrons. The molecule has 3 rings (SSSR count). The van der Waals surface area contributed by atoms with Crippen LogP contribution < -0.4 is 11.0 Å². The molecule has 0 aliphatic heterocycles. The number of carbonyl (C=O) groups is 1. The van der Waals surface area contributed by atoms with Gasteiger partial charge in [-0.2, -0.15) is 11.0 Å². The number of ether oxygens (including phenoxy) is 1. The van der Waals surface area contributed by atoms with Gasteiger partial charge in [0.05, 0.1) is 19.9 Å². The maximum atomic E-state index is 12.1. The molecule has 2 N–H and O–H groups in total. The van der Waals surface area contributed by atoms with Crippen LogP contribution in [0.4, 0.5) is 10.5 Å². The first-order valence-electron chi connectivity index (χ1n) is 8.76. The summed E-state index contributed by atoms with van der Waals surface area (Å²) in [5, 5.41) is 1.07. The monoisotopic (exact) mass is 368 g/mol. The molecule has 2 aromatic rings.